The summed E-state index contributed by atoms with van der Waals surface area (Å²) in [4.78, 5) is 20.4. The molecule has 2 rings (SSSR count). The average Bonchev–Trinajstić information content (AvgIpc) is 2.77. The number of alkyl halides is 1. The summed E-state index contributed by atoms with van der Waals surface area (Å²) < 4.78 is 1.15. The van der Waals surface area contributed by atoms with Crippen molar-refractivity contribution in [2.75, 3.05) is 5.88 Å². The van der Waals surface area contributed by atoms with Crippen molar-refractivity contribution in [2.45, 2.75) is 12.6 Å². The number of nitro benzene ring substituents is 1. The monoisotopic (exact) mass is 300 g/mol. The molecule has 10 heteroatoms. The Labute approximate surface area is 116 Å². The van der Waals surface area contributed by atoms with Gasteiger partial charge in [0, 0.05) is 12.1 Å². The summed E-state index contributed by atoms with van der Waals surface area (Å²) >= 11 is 5.47. The average molecular weight is 301 g/mol. The van der Waals surface area contributed by atoms with Crippen LogP contribution in [0.4, 0.5) is 11.5 Å². The first-order valence-electron chi connectivity index (χ1n) is 5.47. The summed E-state index contributed by atoms with van der Waals surface area (Å²) in [6.07, 6.45) is -0.960. The fourth-order valence-corrected chi connectivity index (χ4v) is 1.88. The van der Waals surface area contributed by atoms with Crippen LogP contribution in [0.5, 0.6) is 0 Å². The van der Waals surface area contributed by atoms with Crippen LogP contribution in [-0.2, 0) is 6.54 Å². The Hall–Kier alpha value is -2.26. The Morgan fingerprint density at radius 3 is 2.60 bits per heavy atom. The minimum absolute atomic E-state index is 0.0793. The number of benzene rings is 1. The molecule has 0 aliphatic carbocycles. The van der Waals surface area contributed by atoms with Crippen molar-refractivity contribution in [3.8, 4) is 0 Å². The summed E-state index contributed by atoms with van der Waals surface area (Å²) in [5.41, 5.74) is -0.0102. The number of aromatic nitrogens is 2. The van der Waals surface area contributed by atoms with Crippen molar-refractivity contribution in [2.24, 2.45) is 0 Å². The third kappa shape index (κ3) is 2.53. The largest absolute Gasteiger partial charge is 0.397 e. The lowest BCUT2D eigenvalue weighted by molar-refractivity contribution is -0.388. The number of hydrogen-bond acceptors (Lipinski definition) is 6. The maximum atomic E-state index is 10.9. The number of rotatable bonds is 5. The maximum Gasteiger partial charge on any atom is 0.397 e. The van der Waals surface area contributed by atoms with Crippen molar-refractivity contribution in [3.05, 3.63) is 38.4 Å². The zero-order valence-electron chi connectivity index (χ0n) is 9.97. The van der Waals surface area contributed by atoms with Gasteiger partial charge < -0.3 is 15.2 Å². The van der Waals surface area contributed by atoms with Crippen LogP contribution in [0.3, 0.4) is 0 Å². The molecule has 1 unspecified atom stereocenters. The number of fused-ring (bicyclic) bond motifs is 1. The molecule has 0 amide bonds. The molecule has 0 radical (unpaired) electrons. The van der Waals surface area contributed by atoms with Crippen LogP contribution >= 0.6 is 11.6 Å². The predicted molar refractivity (Wildman–Crippen MR) is 69.8 cm³/mol. The first-order valence-corrected chi connectivity index (χ1v) is 6.01. The van der Waals surface area contributed by atoms with Crippen molar-refractivity contribution in [1.82, 2.24) is 9.78 Å². The Morgan fingerprint density at radius 2 is 2.05 bits per heavy atom. The standard InChI is InChI=1S/C10H9ClN4O5/c11-4-7(16)5-13-9-3-6(14(17)18)1-2-8(9)10(12-13)15(19)20/h1-3,7,16H,4-5H2. The molecule has 0 fully saturated rings. The molecule has 20 heavy (non-hydrogen) atoms. The fraction of sp³-hybridized carbons (Fsp3) is 0.300. The first kappa shape index (κ1) is 14.2. The lowest BCUT2D eigenvalue weighted by Crippen LogP contribution is -2.18. The van der Waals surface area contributed by atoms with E-state index in [1.165, 1.54) is 18.2 Å². The van der Waals surface area contributed by atoms with Gasteiger partial charge in [0.05, 0.1) is 28.6 Å². The number of hydrogen-bond donors (Lipinski definition) is 1. The van der Waals surface area contributed by atoms with Gasteiger partial charge in [0.2, 0.25) is 0 Å². The molecule has 1 N–H and O–H groups in total. The molecule has 0 spiro atoms. The number of aliphatic hydroxyl groups is 1. The third-order valence-corrected chi connectivity index (χ3v) is 3.02. The second-order valence-corrected chi connectivity index (χ2v) is 4.34. The van der Waals surface area contributed by atoms with E-state index in [9.17, 15) is 25.3 Å². The van der Waals surface area contributed by atoms with E-state index >= 15 is 0 Å². The van der Waals surface area contributed by atoms with Crippen molar-refractivity contribution in [1.29, 1.82) is 0 Å². The van der Waals surface area contributed by atoms with Crippen LogP contribution in [0.25, 0.3) is 10.9 Å². The lowest BCUT2D eigenvalue weighted by Gasteiger charge is -2.04. The van der Waals surface area contributed by atoms with Gasteiger partial charge in [0.15, 0.2) is 0 Å². The van der Waals surface area contributed by atoms with Gasteiger partial charge in [0.25, 0.3) is 5.69 Å². The van der Waals surface area contributed by atoms with Gasteiger partial charge >= 0.3 is 5.82 Å². The second-order valence-electron chi connectivity index (χ2n) is 4.03. The van der Waals surface area contributed by atoms with E-state index < -0.39 is 21.8 Å². The van der Waals surface area contributed by atoms with Crippen molar-refractivity contribution in [3.63, 3.8) is 0 Å². The van der Waals surface area contributed by atoms with Gasteiger partial charge in [-0.15, -0.1) is 11.6 Å². The highest BCUT2D eigenvalue weighted by Crippen LogP contribution is 2.28. The second kappa shape index (κ2) is 5.39. The van der Waals surface area contributed by atoms with E-state index in [0.29, 0.717) is 0 Å². The highest BCUT2D eigenvalue weighted by atomic mass is 35.5. The van der Waals surface area contributed by atoms with Crippen molar-refractivity contribution < 1.29 is 15.0 Å². The van der Waals surface area contributed by atoms with Gasteiger partial charge in [0.1, 0.15) is 10.9 Å². The number of non-ortho nitro benzene ring substituents is 1. The predicted octanol–water partition coefficient (Wildman–Crippen LogP) is 1.45. The van der Waals surface area contributed by atoms with Crippen molar-refractivity contribution >= 4 is 34.0 Å². The van der Waals surface area contributed by atoms with Crippen LogP contribution in [0.2, 0.25) is 0 Å². The lowest BCUT2D eigenvalue weighted by atomic mass is 10.2. The summed E-state index contributed by atoms with van der Waals surface area (Å²) in [6, 6.07) is 3.61. The molecule has 0 aliphatic rings. The SMILES string of the molecule is O=[N+]([O-])c1ccc2c([N+](=O)[O-])nn(CC(O)CCl)c2c1. The summed E-state index contributed by atoms with van der Waals surface area (Å²) in [6.45, 7) is -0.0883. The van der Waals surface area contributed by atoms with E-state index in [2.05, 4.69) is 5.10 Å². The normalized spacial score (nSPS) is 12.5. The van der Waals surface area contributed by atoms with Crippen LogP contribution in [-0.4, -0.2) is 36.7 Å². The molecule has 0 saturated carbocycles. The summed E-state index contributed by atoms with van der Waals surface area (Å²) in [5, 5.41) is 35.1. The van der Waals surface area contributed by atoms with Gasteiger partial charge in [-0.25, -0.2) is 0 Å². The molecule has 0 aliphatic heterocycles. The number of nitrogens with zero attached hydrogens (tertiary/aromatic N) is 4. The zero-order chi connectivity index (χ0) is 14.9. The van der Waals surface area contributed by atoms with Gasteiger partial charge in [-0.3, -0.25) is 10.1 Å². The molecule has 0 saturated heterocycles. The molecule has 1 heterocycles. The molecule has 106 valence electrons. The highest BCUT2D eigenvalue weighted by Gasteiger charge is 2.24. The highest BCUT2D eigenvalue weighted by molar-refractivity contribution is 6.18. The number of nitro groups is 2. The number of halogens is 1. The van der Waals surface area contributed by atoms with E-state index in [1.54, 1.807) is 0 Å². The minimum Gasteiger partial charge on any atom is -0.390 e. The molecule has 1 aromatic carbocycles. The molecule has 9 nitrogen and oxygen atoms in total. The van der Waals surface area contributed by atoms with Crippen LogP contribution < -0.4 is 0 Å². The minimum atomic E-state index is -0.960. The zero-order valence-corrected chi connectivity index (χ0v) is 10.7. The summed E-state index contributed by atoms with van der Waals surface area (Å²) in [5.74, 6) is -0.499. The quantitative estimate of drug-likeness (QED) is 0.506. The molecule has 2 aromatic rings. The van der Waals surface area contributed by atoms with Crippen LogP contribution in [0.15, 0.2) is 18.2 Å². The van der Waals surface area contributed by atoms with Crippen LogP contribution in [0, 0.1) is 20.2 Å². The molecule has 1 aromatic heterocycles. The maximum absolute atomic E-state index is 10.9. The summed E-state index contributed by atoms with van der Waals surface area (Å²) in [7, 11) is 0. The van der Waals surface area contributed by atoms with Crippen LogP contribution in [0.1, 0.15) is 0 Å². The van der Waals surface area contributed by atoms with E-state index in [1.807, 2.05) is 0 Å². The third-order valence-electron chi connectivity index (χ3n) is 2.66. The molecular formula is C10H9ClN4O5. The Balaban J connectivity index is 2.62. The van der Waals surface area contributed by atoms with Gasteiger partial charge in [-0.1, -0.05) is 0 Å². The number of aliphatic hydroxyl groups excluding tert-OH is 1. The smallest absolute Gasteiger partial charge is 0.390 e. The Kier molecular flexibility index (Phi) is 3.81. The molecular weight excluding hydrogens is 292 g/mol. The molecule has 0 bridgehead atoms. The first-order chi connectivity index (χ1) is 9.43. The van der Waals surface area contributed by atoms with E-state index in [-0.39, 0.29) is 29.0 Å². The van der Waals surface area contributed by atoms with E-state index in [0.717, 1.165) is 4.68 Å². The Morgan fingerprint density at radius 1 is 1.35 bits per heavy atom. The van der Waals surface area contributed by atoms with Gasteiger partial charge in [-0.2, -0.15) is 4.68 Å². The Bertz CT molecular complexity index is 686. The molecule has 1 atom stereocenters. The fourth-order valence-electron chi connectivity index (χ4n) is 1.78. The van der Waals surface area contributed by atoms with Gasteiger partial charge in [-0.05, 0) is 11.0 Å². The topological polar surface area (TPSA) is 124 Å². The van der Waals surface area contributed by atoms with E-state index in [4.69, 9.17) is 11.6 Å².